The van der Waals surface area contributed by atoms with Crippen LogP contribution in [0, 0.1) is 0 Å². The van der Waals surface area contributed by atoms with E-state index in [0.29, 0.717) is 0 Å². The van der Waals surface area contributed by atoms with Gasteiger partial charge in [-0.25, -0.2) is 5.48 Å². The Bertz CT molecular complexity index is 80.5. The van der Waals surface area contributed by atoms with Gasteiger partial charge in [-0.05, 0) is 20.4 Å². The summed E-state index contributed by atoms with van der Waals surface area (Å²) < 4.78 is 0. The molecule has 0 unspecified atom stereocenters. The van der Waals surface area contributed by atoms with Crippen LogP contribution >= 0.6 is 0 Å². The molecule has 0 bridgehead atoms. The summed E-state index contributed by atoms with van der Waals surface area (Å²) in [6.07, 6.45) is 0.0545. The van der Waals surface area contributed by atoms with Crippen molar-refractivity contribution in [2.45, 2.75) is 20.0 Å². The molecule has 0 saturated carbocycles. The molecular formula is C5H11NO2. The number of nitrogens with one attached hydrogen (secondary N) is 1. The topological polar surface area (TPSA) is 41.5 Å². The van der Waals surface area contributed by atoms with E-state index < -0.39 is 0 Å². The molecular weight excluding hydrogens is 106 g/mol. The maximum absolute atomic E-state index is 8.37. The second-order valence-electron chi connectivity index (χ2n) is 1.72. The van der Waals surface area contributed by atoms with Gasteiger partial charge in [-0.15, -0.1) is 0 Å². The summed E-state index contributed by atoms with van der Waals surface area (Å²) >= 11 is 0. The summed E-state index contributed by atoms with van der Waals surface area (Å²) in [5.41, 5.74) is 2.21. The molecule has 0 heterocycles. The summed E-state index contributed by atoms with van der Waals surface area (Å²) in [4.78, 5) is 4.70. The van der Waals surface area contributed by atoms with Gasteiger partial charge in [-0.3, -0.25) is 4.84 Å². The third kappa shape index (κ3) is 5.30. The molecule has 0 atom stereocenters. The van der Waals surface area contributed by atoms with Crippen molar-refractivity contribution in [3.8, 4) is 0 Å². The molecule has 0 aliphatic heterocycles. The van der Waals surface area contributed by atoms with Crippen LogP contribution in [-0.4, -0.2) is 11.2 Å². The van der Waals surface area contributed by atoms with Crippen LogP contribution < -0.4 is 5.48 Å². The molecule has 3 heteroatoms. The van der Waals surface area contributed by atoms with E-state index in [2.05, 4.69) is 12.1 Å². The Hall–Kier alpha value is -0.700. The molecule has 0 rings (SSSR count). The summed E-state index contributed by atoms with van der Waals surface area (Å²) in [6, 6.07) is 0. The second kappa shape index (κ2) is 3.32. The van der Waals surface area contributed by atoms with Crippen molar-refractivity contribution in [2.75, 3.05) is 0 Å². The molecule has 0 aromatic carbocycles. The zero-order valence-electron chi connectivity index (χ0n) is 5.14. The lowest BCUT2D eigenvalue weighted by Gasteiger charge is -2.06. The minimum atomic E-state index is -0.168. The Balaban J connectivity index is 3.05. The van der Waals surface area contributed by atoms with Gasteiger partial charge in [0.25, 0.3) is 0 Å². The maximum Gasteiger partial charge on any atom is 0.201 e. The first-order valence-electron chi connectivity index (χ1n) is 2.42. The molecule has 0 fully saturated rings. The fourth-order valence-corrected chi connectivity index (χ4v) is 0.186. The molecule has 0 aromatic rings. The third-order valence-corrected chi connectivity index (χ3v) is 0.412. The van der Waals surface area contributed by atoms with Crippen LogP contribution in [0.25, 0.3) is 0 Å². The average molecular weight is 117 g/mol. The highest BCUT2D eigenvalue weighted by molar-refractivity contribution is 4.68. The smallest absolute Gasteiger partial charge is 0.201 e. The Morgan fingerprint density at radius 1 is 1.75 bits per heavy atom. The largest absolute Gasteiger partial charge is 0.494 e. The van der Waals surface area contributed by atoms with E-state index in [1.807, 2.05) is 13.8 Å². The number of aliphatic hydroxyl groups is 1. The fraction of sp³-hybridized carbons (Fsp3) is 0.600. The number of hydrogen-bond donors (Lipinski definition) is 2. The summed E-state index contributed by atoms with van der Waals surface area (Å²) in [5, 5.41) is 8.37. The van der Waals surface area contributed by atoms with Gasteiger partial charge in [0.2, 0.25) is 5.88 Å². The number of hydrogen-bond acceptors (Lipinski definition) is 3. The van der Waals surface area contributed by atoms with Crippen LogP contribution in [0.2, 0.25) is 0 Å². The van der Waals surface area contributed by atoms with E-state index >= 15 is 0 Å². The van der Waals surface area contributed by atoms with Crippen molar-refractivity contribution in [2.24, 2.45) is 0 Å². The van der Waals surface area contributed by atoms with Crippen molar-refractivity contribution in [3.05, 3.63) is 12.5 Å². The molecule has 0 spiro atoms. The summed E-state index contributed by atoms with van der Waals surface area (Å²) in [5.74, 6) is -0.168. The van der Waals surface area contributed by atoms with Gasteiger partial charge in [-0.1, -0.05) is 0 Å². The first-order chi connectivity index (χ1) is 3.63. The van der Waals surface area contributed by atoms with Crippen LogP contribution in [0.3, 0.4) is 0 Å². The molecule has 2 N–H and O–H groups in total. The van der Waals surface area contributed by atoms with Crippen molar-refractivity contribution < 1.29 is 9.94 Å². The van der Waals surface area contributed by atoms with Crippen LogP contribution in [0.1, 0.15) is 13.8 Å². The molecule has 3 nitrogen and oxygen atoms in total. The lowest BCUT2D eigenvalue weighted by atomic mass is 10.5. The summed E-state index contributed by atoms with van der Waals surface area (Å²) in [6.45, 7) is 6.83. The van der Waals surface area contributed by atoms with Crippen molar-refractivity contribution in [1.29, 1.82) is 0 Å². The molecule has 48 valence electrons. The van der Waals surface area contributed by atoms with E-state index in [0.717, 1.165) is 0 Å². The Morgan fingerprint density at radius 3 is 2.38 bits per heavy atom. The zero-order chi connectivity index (χ0) is 6.57. The fourth-order valence-electron chi connectivity index (χ4n) is 0.186. The van der Waals surface area contributed by atoms with E-state index in [1.165, 1.54) is 0 Å². The number of rotatable bonds is 3. The Morgan fingerprint density at radius 2 is 2.25 bits per heavy atom. The van der Waals surface area contributed by atoms with Gasteiger partial charge in [0.15, 0.2) is 0 Å². The highest BCUT2D eigenvalue weighted by atomic mass is 16.7. The molecule has 0 saturated heterocycles. The maximum atomic E-state index is 8.37. The zero-order valence-corrected chi connectivity index (χ0v) is 5.14. The van der Waals surface area contributed by atoms with Gasteiger partial charge < -0.3 is 5.11 Å². The normalized spacial score (nSPS) is 9.38. The minimum Gasteiger partial charge on any atom is -0.494 e. The average Bonchev–Trinajstić information content (AvgIpc) is 1.61. The molecule has 0 aromatic heterocycles. The van der Waals surface area contributed by atoms with E-state index in [9.17, 15) is 0 Å². The molecule has 0 aliphatic rings. The van der Waals surface area contributed by atoms with Crippen LogP contribution in [0.4, 0.5) is 0 Å². The summed E-state index contributed by atoms with van der Waals surface area (Å²) in [7, 11) is 0. The van der Waals surface area contributed by atoms with Gasteiger partial charge in [0.05, 0.1) is 6.10 Å². The van der Waals surface area contributed by atoms with Gasteiger partial charge >= 0.3 is 0 Å². The minimum absolute atomic E-state index is 0.0545. The molecule has 8 heavy (non-hydrogen) atoms. The van der Waals surface area contributed by atoms with Crippen LogP contribution in [0.15, 0.2) is 12.5 Å². The Labute approximate surface area is 48.9 Å². The van der Waals surface area contributed by atoms with Gasteiger partial charge in [0.1, 0.15) is 0 Å². The van der Waals surface area contributed by atoms with E-state index in [-0.39, 0.29) is 12.0 Å². The highest BCUT2D eigenvalue weighted by Crippen LogP contribution is 1.83. The predicted molar refractivity (Wildman–Crippen MR) is 31.1 cm³/mol. The highest BCUT2D eigenvalue weighted by Gasteiger charge is 1.90. The first kappa shape index (κ1) is 7.30. The second-order valence-corrected chi connectivity index (χ2v) is 1.72. The molecule has 0 aliphatic carbocycles. The lowest BCUT2D eigenvalue weighted by Crippen LogP contribution is -2.17. The van der Waals surface area contributed by atoms with Gasteiger partial charge in [-0.2, -0.15) is 0 Å². The van der Waals surface area contributed by atoms with Crippen LogP contribution in [-0.2, 0) is 4.84 Å². The number of aliphatic hydroxyl groups excluding tert-OH is 1. The van der Waals surface area contributed by atoms with E-state index in [1.54, 1.807) is 0 Å². The van der Waals surface area contributed by atoms with Crippen molar-refractivity contribution in [1.82, 2.24) is 5.48 Å². The lowest BCUT2D eigenvalue weighted by molar-refractivity contribution is -0.00873. The van der Waals surface area contributed by atoms with Crippen molar-refractivity contribution in [3.63, 3.8) is 0 Å². The quantitative estimate of drug-likeness (QED) is 0.427. The number of hydroxylamine groups is 1. The standard InChI is InChI=1S/C5H11NO2/c1-4(2)8-6-5(3)7/h4,6-7H,3H2,1-2H3. The Kier molecular flexibility index (Phi) is 3.03. The van der Waals surface area contributed by atoms with Crippen LogP contribution in [0.5, 0.6) is 0 Å². The molecule has 0 radical (unpaired) electrons. The monoisotopic (exact) mass is 117 g/mol. The predicted octanol–water partition coefficient (Wildman–Crippen LogP) is 0.945. The third-order valence-electron chi connectivity index (χ3n) is 0.412. The van der Waals surface area contributed by atoms with Gasteiger partial charge in [0, 0.05) is 0 Å². The first-order valence-corrected chi connectivity index (χ1v) is 2.42. The van der Waals surface area contributed by atoms with Crippen molar-refractivity contribution >= 4 is 0 Å². The molecule has 0 amide bonds. The van der Waals surface area contributed by atoms with E-state index in [4.69, 9.17) is 9.94 Å². The SMILES string of the molecule is C=C(O)NOC(C)C.